The summed E-state index contributed by atoms with van der Waals surface area (Å²) in [6.07, 6.45) is -3.82. The van der Waals surface area contributed by atoms with E-state index in [2.05, 4.69) is 41.3 Å². The highest BCUT2D eigenvalue weighted by molar-refractivity contribution is 9.10. The monoisotopic (exact) mass is 912 g/mol. The van der Waals surface area contributed by atoms with Crippen molar-refractivity contribution in [3.63, 3.8) is 0 Å². The van der Waals surface area contributed by atoms with E-state index in [9.17, 15) is 44.0 Å². The third-order valence-electron chi connectivity index (χ3n) is 7.07. The van der Waals surface area contributed by atoms with Gasteiger partial charge in [0.1, 0.15) is 17.2 Å². The van der Waals surface area contributed by atoms with Gasteiger partial charge in [0.05, 0.1) is 47.2 Å². The van der Waals surface area contributed by atoms with Crippen molar-refractivity contribution in [1.82, 2.24) is 33.9 Å². The van der Waals surface area contributed by atoms with Crippen LogP contribution in [0.3, 0.4) is 0 Å². The third kappa shape index (κ3) is 9.65. The van der Waals surface area contributed by atoms with E-state index >= 15 is 0 Å². The fraction of sp³-hybridized carbons (Fsp3) is 0.290. The number of esters is 1. The van der Waals surface area contributed by atoms with Crippen LogP contribution in [0.2, 0.25) is 5.02 Å². The van der Waals surface area contributed by atoms with Crippen LogP contribution in [0.25, 0.3) is 16.9 Å². The Morgan fingerprint density at radius 1 is 1.02 bits per heavy atom. The summed E-state index contributed by atoms with van der Waals surface area (Å²) in [5, 5.41) is 4.28. The van der Waals surface area contributed by atoms with Gasteiger partial charge >= 0.3 is 18.2 Å². The number of nitrogens with zero attached hydrogens (tertiary/aromatic N) is 6. The van der Waals surface area contributed by atoms with Gasteiger partial charge in [-0.2, -0.15) is 36.7 Å². The minimum absolute atomic E-state index is 0.0584. The highest BCUT2D eigenvalue weighted by Crippen LogP contribution is 2.41. The van der Waals surface area contributed by atoms with Crippen LogP contribution in [0.1, 0.15) is 36.8 Å². The summed E-state index contributed by atoms with van der Waals surface area (Å²) in [6, 6.07) is 6.46. The first-order valence-electron chi connectivity index (χ1n) is 15.5. The number of carbonyl (C=O) groups is 2. The number of sulfone groups is 1. The SMILES string of the molecule is CC(C)OC(=O)c1cc(-c2nn(C)c(C(F)(F)F)c2Br)c(F)cc1Cl.CCS(=O)(=O)c1nc2ccccn2c1S(=O)(=O)NC(=O)Nc1nc(OC)cc(OC)n1. The molecule has 1 aromatic carbocycles. The fourth-order valence-electron chi connectivity index (χ4n) is 4.64. The molecule has 2 N–H and O–H groups in total. The number of carbonyl (C=O) groups excluding carboxylic acids is 2. The quantitative estimate of drug-likeness (QED) is 0.128. The summed E-state index contributed by atoms with van der Waals surface area (Å²) in [5.74, 6) is -2.30. The van der Waals surface area contributed by atoms with Gasteiger partial charge in [0.15, 0.2) is 25.6 Å². The molecule has 0 aliphatic carbocycles. The molecular formula is C31H30BrClF4N8O9S2. The lowest BCUT2D eigenvalue weighted by Gasteiger charge is -2.11. The van der Waals surface area contributed by atoms with Crippen molar-refractivity contribution in [3.05, 3.63) is 69.2 Å². The van der Waals surface area contributed by atoms with Gasteiger partial charge in [-0.3, -0.25) is 14.4 Å². The van der Waals surface area contributed by atoms with Gasteiger partial charge in [0.2, 0.25) is 17.7 Å². The molecule has 5 aromatic rings. The summed E-state index contributed by atoms with van der Waals surface area (Å²) >= 11 is 8.67. The van der Waals surface area contributed by atoms with E-state index in [1.807, 2.05) is 0 Å². The van der Waals surface area contributed by atoms with Crippen molar-refractivity contribution in [3.8, 4) is 23.0 Å². The number of sulfonamides is 1. The number of anilines is 1. The Morgan fingerprint density at radius 2 is 1.64 bits per heavy atom. The average molecular weight is 914 g/mol. The number of imidazole rings is 1. The molecule has 0 aliphatic rings. The maximum Gasteiger partial charge on any atom is 0.434 e. The molecule has 17 nitrogen and oxygen atoms in total. The first-order chi connectivity index (χ1) is 26.0. The van der Waals surface area contributed by atoms with Crippen molar-refractivity contribution < 1.29 is 58.2 Å². The molecule has 0 spiro atoms. The normalized spacial score (nSPS) is 11.9. The lowest BCUT2D eigenvalue weighted by atomic mass is 10.1. The number of aryl methyl sites for hydroxylation is 1. The fourth-order valence-corrected chi connectivity index (χ4v) is 8.31. The molecule has 0 saturated heterocycles. The van der Waals surface area contributed by atoms with Crippen molar-refractivity contribution in [2.24, 2.45) is 7.05 Å². The van der Waals surface area contributed by atoms with Crippen LogP contribution in [0.4, 0.5) is 28.3 Å². The number of hydrogen-bond acceptors (Lipinski definition) is 13. The van der Waals surface area contributed by atoms with E-state index < -0.39 is 70.2 Å². The zero-order chi connectivity index (χ0) is 41.9. The van der Waals surface area contributed by atoms with E-state index in [1.165, 1.54) is 45.5 Å². The predicted octanol–water partition coefficient (Wildman–Crippen LogP) is 5.67. The van der Waals surface area contributed by atoms with E-state index in [1.54, 1.807) is 24.6 Å². The Bertz CT molecular complexity index is 2510. The largest absolute Gasteiger partial charge is 0.481 e. The number of rotatable bonds is 10. The number of urea groups is 1. The van der Waals surface area contributed by atoms with Crippen molar-refractivity contribution in [2.45, 2.75) is 43.1 Å². The minimum atomic E-state index is -4.69. The summed E-state index contributed by atoms with van der Waals surface area (Å²) in [7, 11) is -4.96. The number of ether oxygens (including phenoxy) is 3. The topological polar surface area (TPSA) is 215 Å². The number of benzene rings is 1. The Kier molecular flexibility index (Phi) is 13.2. The lowest BCUT2D eigenvalue weighted by Crippen LogP contribution is -2.36. The van der Waals surface area contributed by atoms with E-state index in [-0.39, 0.29) is 51.0 Å². The van der Waals surface area contributed by atoms with Gasteiger partial charge in [0.25, 0.3) is 10.0 Å². The Hall–Kier alpha value is -5.07. The smallest absolute Gasteiger partial charge is 0.434 e. The van der Waals surface area contributed by atoms with Gasteiger partial charge in [-0.05, 0) is 54.0 Å². The second-order valence-corrected chi connectivity index (χ2v) is 16.3. The molecule has 4 heterocycles. The summed E-state index contributed by atoms with van der Waals surface area (Å²) in [4.78, 5) is 36.0. The van der Waals surface area contributed by atoms with Crippen LogP contribution < -0.4 is 19.5 Å². The van der Waals surface area contributed by atoms with Crippen molar-refractivity contribution in [2.75, 3.05) is 25.3 Å². The molecule has 0 radical (unpaired) electrons. The molecule has 0 unspecified atom stereocenters. The van der Waals surface area contributed by atoms with Crippen LogP contribution in [0.5, 0.6) is 11.8 Å². The molecule has 0 saturated carbocycles. The molecule has 0 fully saturated rings. The number of aromatic nitrogens is 6. The molecule has 302 valence electrons. The Morgan fingerprint density at radius 3 is 2.18 bits per heavy atom. The molecule has 0 aliphatic heterocycles. The number of nitrogens with one attached hydrogen (secondary N) is 2. The zero-order valence-electron chi connectivity index (χ0n) is 29.8. The first-order valence-corrected chi connectivity index (χ1v) is 19.9. The lowest BCUT2D eigenvalue weighted by molar-refractivity contribution is -0.144. The molecule has 0 atom stereocenters. The Balaban J connectivity index is 0.000000255. The molecule has 25 heteroatoms. The standard InChI is InChI=1S/C16H18N6O7S2.C15H12BrClF4N2O2/c1-4-30(24,25)13-14(22-8-6-5-7-10(22)17-13)31(26,27)21-16(23)20-15-18-11(28-2)9-12(19-15)29-3;1-6(2)25-14(24)7-4-8(10(18)5-9(7)17)12-11(16)13(15(19,20)21)23(3)22-12/h5-9H,4H2,1-3H3,(H2,18,19,20,21,23);4-6H,1-3H3. The molecule has 56 heavy (non-hydrogen) atoms. The number of amides is 2. The Labute approximate surface area is 329 Å². The van der Waals surface area contributed by atoms with E-state index in [4.69, 9.17) is 25.8 Å². The second kappa shape index (κ2) is 17.0. The van der Waals surface area contributed by atoms with Crippen LogP contribution in [0, 0.1) is 5.82 Å². The predicted molar refractivity (Wildman–Crippen MR) is 194 cm³/mol. The van der Waals surface area contributed by atoms with Crippen LogP contribution in [-0.4, -0.2) is 84.0 Å². The van der Waals surface area contributed by atoms with Crippen LogP contribution in [0.15, 0.2) is 57.1 Å². The number of pyridine rings is 1. The minimum Gasteiger partial charge on any atom is -0.481 e. The average Bonchev–Trinajstić information content (AvgIpc) is 3.65. The van der Waals surface area contributed by atoms with Gasteiger partial charge in [0, 0.05) is 18.8 Å². The van der Waals surface area contributed by atoms with Crippen LogP contribution >= 0.6 is 27.5 Å². The van der Waals surface area contributed by atoms with Crippen molar-refractivity contribution in [1.29, 1.82) is 0 Å². The summed E-state index contributed by atoms with van der Waals surface area (Å²) < 4.78 is 122. The van der Waals surface area contributed by atoms with Crippen molar-refractivity contribution >= 4 is 71.0 Å². The molecule has 5 rings (SSSR count). The molecular weight excluding hydrogens is 884 g/mol. The van der Waals surface area contributed by atoms with Gasteiger partial charge in [-0.1, -0.05) is 24.6 Å². The van der Waals surface area contributed by atoms with Gasteiger partial charge < -0.3 is 14.2 Å². The first kappa shape index (κ1) is 43.7. The highest BCUT2D eigenvalue weighted by Gasteiger charge is 2.39. The number of halogens is 6. The maximum absolute atomic E-state index is 14.3. The summed E-state index contributed by atoms with van der Waals surface area (Å²) in [6.45, 7) is 4.58. The summed E-state index contributed by atoms with van der Waals surface area (Å²) in [5.41, 5.74) is -1.78. The molecule has 0 bridgehead atoms. The number of methoxy groups -OCH3 is 2. The highest BCUT2D eigenvalue weighted by atomic mass is 79.9. The van der Waals surface area contributed by atoms with Gasteiger partial charge in [-0.15, -0.1) is 0 Å². The zero-order valence-corrected chi connectivity index (χ0v) is 33.7. The molecule has 2 amide bonds. The third-order valence-corrected chi connectivity index (χ3v) is 11.2. The second-order valence-electron chi connectivity index (χ2n) is 11.3. The van der Waals surface area contributed by atoms with Crippen LogP contribution in [-0.2, 0) is 37.8 Å². The van der Waals surface area contributed by atoms with Gasteiger partial charge in [-0.25, -0.2) is 32.1 Å². The number of alkyl halides is 3. The maximum atomic E-state index is 14.3. The molecule has 4 aromatic heterocycles. The van der Waals surface area contributed by atoms with E-state index in [0.29, 0.717) is 4.68 Å². The number of hydrogen-bond donors (Lipinski definition) is 2. The van der Waals surface area contributed by atoms with E-state index in [0.717, 1.165) is 23.6 Å². The number of fused-ring (bicyclic) bond motifs is 1.